The molecule has 2 aromatic heterocycles. The maximum Gasteiger partial charge on any atom is 0.223 e. The van der Waals surface area contributed by atoms with E-state index in [0.29, 0.717) is 19.0 Å². The summed E-state index contributed by atoms with van der Waals surface area (Å²) in [7, 11) is 1.67. The van der Waals surface area contributed by atoms with Crippen LogP contribution in [0.1, 0.15) is 19.3 Å². The van der Waals surface area contributed by atoms with E-state index in [9.17, 15) is 4.79 Å². The molecule has 30 heavy (non-hydrogen) atoms. The smallest absolute Gasteiger partial charge is 0.223 e. The number of hydrogen-bond acceptors (Lipinski definition) is 6. The number of para-hydroxylation sites is 1. The molecule has 3 heterocycles. The van der Waals surface area contributed by atoms with Crippen LogP contribution in [0.3, 0.4) is 0 Å². The first-order valence-corrected chi connectivity index (χ1v) is 10.4. The Morgan fingerprint density at radius 3 is 2.77 bits per heavy atom. The topological polar surface area (TPSA) is 80.2 Å². The first-order valence-electron chi connectivity index (χ1n) is 10.4. The van der Waals surface area contributed by atoms with Crippen molar-refractivity contribution >= 4 is 22.6 Å². The number of hydrogen-bond donors (Lipinski definition) is 1. The quantitative estimate of drug-likeness (QED) is 0.609. The predicted molar refractivity (Wildman–Crippen MR) is 117 cm³/mol. The molecule has 4 rings (SSSR count). The first kappa shape index (κ1) is 20.2. The Labute approximate surface area is 176 Å². The van der Waals surface area contributed by atoms with Gasteiger partial charge in [0.05, 0.1) is 5.52 Å². The molecule has 0 bridgehead atoms. The number of amides is 1. The monoisotopic (exact) mass is 405 g/mol. The maximum absolute atomic E-state index is 12.5. The van der Waals surface area contributed by atoms with Crippen molar-refractivity contribution in [2.75, 3.05) is 38.3 Å². The molecule has 1 saturated heterocycles. The van der Waals surface area contributed by atoms with Crippen LogP contribution in [0.5, 0.6) is 0 Å². The average molecular weight is 406 g/mol. The van der Waals surface area contributed by atoms with Crippen molar-refractivity contribution in [3.05, 3.63) is 48.8 Å². The van der Waals surface area contributed by atoms with Gasteiger partial charge in [-0.15, -0.1) is 0 Å². The Hall–Kier alpha value is -3.06. The van der Waals surface area contributed by atoms with Gasteiger partial charge in [-0.2, -0.15) is 0 Å². The number of pyridine rings is 1. The molecule has 1 amide bonds. The van der Waals surface area contributed by atoms with Crippen molar-refractivity contribution in [3.8, 4) is 11.4 Å². The molecule has 0 spiro atoms. The number of nitrogens with one attached hydrogen (secondary N) is 1. The van der Waals surface area contributed by atoms with Gasteiger partial charge in [0.15, 0.2) is 5.82 Å². The summed E-state index contributed by atoms with van der Waals surface area (Å²) in [6, 6.07) is 11.9. The van der Waals surface area contributed by atoms with E-state index in [1.165, 1.54) is 0 Å². The van der Waals surface area contributed by atoms with E-state index < -0.39 is 0 Å². The van der Waals surface area contributed by atoms with Crippen LogP contribution in [0, 0.1) is 5.92 Å². The van der Waals surface area contributed by atoms with E-state index in [1.807, 2.05) is 30.3 Å². The maximum atomic E-state index is 12.5. The van der Waals surface area contributed by atoms with E-state index in [4.69, 9.17) is 14.7 Å². The first-order chi connectivity index (χ1) is 14.8. The van der Waals surface area contributed by atoms with Crippen molar-refractivity contribution in [2.45, 2.75) is 19.3 Å². The van der Waals surface area contributed by atoms with Crippen LogP contribution in [-0.2, 0) is 9.53 Å². The average Bonchev–Trinajstić information content (AvgIpc) is 2.81. The highest BCUT2D eigenvalue weighted by atomic mass is 16.5. The van der Waals surface area contributed by atoms with Crippen LogP contribution >= 0.6 is 0 Å². The number of aromatic nitrogens is 3. The van der Waals surface area contributed by atoms with E-state index in [0.717, 1.165) is 54.6 Å². The van der Waals surface area contributed by atoms with Gasteiger partial charge < -0.3 is 15.0 Å². The summed E-state index contributed by atoms with van der Waals surface area (Å²) in [6.07, 6.45) is 6.00. The summed E-state index contributed by atoms with van der Waals surface area (Å²) in [5.74, 6) is 1.80. The lowest BCUT2D eigenvalue weighted by molar-refractivity contribution is -0.125. The van der Waals surface area contributed by atoms with Gasteiger partial charge >= 0.3 is 0 Å². The van der Waals surface area contributed by atoms with Gasteiger partial charge in [0.1, 0.15) is 5.82 Å². The Balaban J connectivity index is 1.51. The van der Waals surface area contributed by atoms with Gasteiger partial charge in [0, 0.05) is 62.6 Å². The highest BCUT2D eigenvalue weighted by molar-refractivity contribution is 5.91. The summed E-state index contributed by atoms with van der Waals surface area (Å²) < 4.78 is 5.03. The molecular weight excluding hydrogens is 378 g/mol. The number of carbonyl (C=O) groups excluding carboxylic acids is 1. The molecule has 0 unspecified atom stereocenters. The van der Waals surface area contributed by atoms with Gasteiger partial charge in [-0.25, -0.2) is 9.97 Å². The number of carbonyl (C=O) groups is 1. The number of anilines is 1. The summed E-state index contributed by atoms with van der Waals surface area (Å²) in [6.45, 7) is 2.92. The second-order valence-corrected chi connectivity index (χ2v) is 7.53. The number of methoxy groups -OCH3 is 1. The van der Waals surface area contributed by atoms with Crippen LogP contribution in [-0.4, -0.2) is 54.2 Å². The molecule has 1 aromatic carbocycles. The Morgan fingerprint density at radius 2 is 2.00 bits per heavy atom. The minimum atomic E-state index is 0.0506. The molecule has 156 valence electrons. The largest absolute Gasteiger partial charge is 0.385 e. The van der Waals surface area contributed by atoms with E-state index in [1.54, 1.807) is 19.5 Å². The van der Waals surface area contributed by atoms with E-state index in [2.05, 4.69) is 21.3 Å². The number of fused-ring (bicyclic) bond motifs is 1. The molecule has 0 radical (unpaired) electrons. The van der Waals surface area contributed by atoms with Crippen LogP contribution in [0.25, 0.3) is 22.3 Å². The number of piperidine rings is 1. The van der Waals surface area contributed by atoms with Crippen LogP contribution in [0.4, 0.5) is 5.82 Å². The number of benzene rings is 1. The van der Waals surface area contributed by atoms with Gasteiger partial charge in [0.25, 0.3) is 0 Å². The lowest BCUT2D eigenvalue weighted by Crippen LogP contribution is -2.41. The van der Waals surface area contributed by atoms with Crippen LogP contribution in [0.2, 0.25) is 0 Å². The van der Waals surface area contributed by atoms with Crippen molar-refractivity contribution in [3.63, 3.8) is 0 Å². The molecular formula is C23H27N5O2. The van der Waals surface area contributed by atoms with E-state index in [-0.39, 0.29) is 11.8 Å². The second kappa shape index (κ2) is 9.63. The van der Waals surface area contributed by atoms with Gasteiger partial charge in [-0.3, -0.25) is 9.78 Å². The summed E-state index contributed by atoms with van der Waals surface area (Å²) in [5.41, 5.74) is 1.81. The standard InChI is InChI=1S/C23H27N5O2/c1-30-15-5-12-25-23(29)17-9-13-28(14-10-17)22-19-7-2-3-8-20(19)26-21(27-22)18-6-4-11-24-16-18/h2-4,6-8,11,16-17H,5,9-10,12-15H2,1H3,(H,25,29). The molecule has 3 aromatic rings. The fraction of sp³-hybridized carbons (Fsp3) is 0.391. The fourth-order valence-corrected chi connectivity index (χ4v) is 3.85. The lowest BCUT2D eigenvalue weighted by Gasteiger charge is -2.33. The van der Waals surface area contributed by atoms with Gasteiger partial charge in [-0.1, -0.05) is 12.1 Å². The Bertz CT molecular complexity index is 987. The molecule has 1 N–H and O–H groups in total. The zero-order valence-electron chi connectivity index (χ0n) is 17.3. The SMILES string of the molecule is COCCCNC(=O)C1CCN(c2nc(-c3cccnc3)nc3ccccc23)CC1. The molecule has 7 nitrogen and oxygen atoms in total. The normalized spacial score (nSPS) is 14.8. The predicted octanol–water partition coefficient (Wildman–Crippen LogP) is 3.06. The Kier molecular flexibility index (Phi) is 6.49. The molecule has 7 heteroatoms. The van der Waals surface area contributed by atoms with E-state index >= 15 is 0 Å². The summed E-state index contributed by atoms with van der Waals surface area (Å²) in [4.78, 5) is 28.6. The second-order valence-electron chi connectivity index (χ2n) is 7.53. The highest BCUT2D eigenvalue weighted by Gasteiger charge is 2.26. The van der Waals surface area contributed by atoms with Crippen molar-refractivity contribution < 1.29 is 9.53 Å². The summed E-state index contributed by atoms with van der Waals surface area (Å²) >= 11 is 0. The third-order valence-electron chi connectivity index (χ3n) is 5.49. The molecule has 0 atom stereocenters. The minimum absolute atomic E-state index is 0.0506. The fourth-order valence-electron chi connectivity index (χ4n) is 3.85. The third kappa shape index (κ3) is 4.57. The molecule has 0 aliphatic carbocycles. The molecule has 1 aliphatic rings. The van der Waals surface area contributed by atoms with Gasteiger partial charge in [0.2, 0.25) is 5.91 Å². The van der Waals surface area contributed by atoms with Crippen molar-refractivity contribution in [2.24, 2.45) is 5.92 Å². The zero-order chi connectivity index (χ0) is 20.8. The van der Waals surface area contributed by atoms with Crippen LogP contribution in [0.15, 0.2) is 48.8 Å². The van der Waals surface area contributed by atoms with Crippen molar-refractivity contribution in [1.29, 1.82) is 0 Å². The molecule has 1 fully saturated rings. The number of nitrogens with zero attached hydrogens (tertiary/aromatic N) is 4. The number of ether oxygens (including phenoxy) is 1. The third-order valence-corrected chi connectivity index (χ3v) is 5.49. The van der Waals surface area contributed by atoms with Crippen molar-refractivity contribution in [1.82, 2.24) is 20.3 Å². The summed E-state index contributed by atoms with van der Waals surface area (Å²) in [5, 5.41) is 4.07. The minimum Gasteiger partial charge on any atom is -0.385 e. The van der Waals surface area contributed by atoms with Gasteiger partial charge in [-0.05, 0) is 43.5 Å². The molecule has 0 saturated carbocycles. The number of rotatable bonds is 7. The van der Waals surface area contributed by atoms with Crippen LogP contribution < -0.4 is 10.2 Å². The zero-order valence-corrected chi connectivity index (χ0v) is 17.3. The lowest BCUT2D eigenvalue weighted by atomic mass is 9.95. The Morgan fingerprint density at radius 1 is 1.17 bits per heavy atom. The molecule has 1 aliphatic heterocycles. The highest BCUT2D eigenvalue weighted by Crippen LogP contribution is 2.30.